The summed E-state index contributed by atoms with van der Waals surface area (Å²) < 4.78 is 6.90. The molecule has 2 rings (SSSR count). The van der Waals surface area contributed by atoms with E-state index in [0.29, 0.717) is 5.92 Å². The van der Waals surface area contributed by atoms with Crippen LogP contribution in [-0.2, 0) is 0 Å². The largest absolute Gasteiger partial charge is 0.493 e. The van der Waals surface area contributed by atoms with Crippen molar-refractivity contribution < 1.29 is 4.74 Å². The van der Waals surface area contributed by atoms with Crippen LogP contribution in [0.25, 0.3) is 0 Å². The van der Waals surface area contributed by atoms with E-state index in [-0.39, 0.29) is 0 Å². The summed E-state index contributed by atoms with van der Waals surface area (Å²) in [6, 6.07) is 6.13. The Morgan fingerprint density at radius 3 is 3.07 bits per heavy atom. The van der Waals surface area contributed by atoms with E-state index < -0.39 is 0 Å². The maximum Gasteiger partial charge on any atom is 0.119 e. The normalized spacial score (nSPS) is 20.5. The molecule has 1 N–H and O–H groups in total. The zero-order valence-corrected chi connectivity index (χ0v) is 10.5. The second-order valence-electron chi connectivity index (χ2n) is 4.08. The minimum Gasteiger partial charge on any atom is -0.493 e. The second kappa shape index (κ2) is 4.99. The van der Waals surface area contributed by atoms with Crippen LogP contribution in [0.3, 0.4) is 0 Å². The molecular weight excluding hydrogens is 254 g/mol. The highest BCUT2D eigenvalue weighted by atomic mass is 79.9. The maximum atomic E-state index is 5.76. The first-order valence-corrected chi connectivity index (χ1v) is 6.14. The number of halogens is 1. The second-order valence-corrected chi connectivity index (χ2v) is 4.94. The van der Waals surface area contributed by atoms with Gasteiger partial charge in [-0.1, -0.05) is 15.9 Å². The maximum absolute atomic E-state index is 5.76. The molecule has 3 heteroatoms. The van der Waals surface area contributed by atoms with Gasteiger partial charge in [0.15, 0.2) is 0 Å². The minimum atomic E-state index is 0.675. The Hall–Kier alpha value is -0.540. The third-order valence-corrected chi connectivity index (χ3v) is 3.67. The summed E-state index contributed by atoms with van der Waals surface area (Å²) in [6.07, 6.45) is 1.23. The number of hydrogen-bond donors (Lipinski definition) is 1. The number of hydrogen-bond acceptors (Lipinski definition) is 2. The van der Waals surface area contributed by atoms with Gasteiger partial charge in [-0.2, -0.15) is 0 Å². The van der Waals surface area contributed by atoms with Gasteiger partial charge in [-0.3, -0.25) is 0 Å². The summed E-state index contributed by atoms with van der Waals surface area (Å²) in [4.78, 5) is 0. The molecule has 0 amide bonds. The summed E-state index contributed by atoms with van der Waals surface area (Å²) in [6.45, 7) is 5.13. The van der Waals surface area contributed by atoms with Crippen molar-refractivity contribution in [2.45, 2.75) is 13.3 Å². The molecule has 15 heavy (non-hydrogen) atoms. The molecule has 0 unspecified atom stereocenters. The van der Waals surface area contributed by atoms with Crippen molar-refractivity contribution in [1.29, 1.82) is 0 Å². The SMILES string of the molecule is Cc1cc(OC[C@@H]2CCNC2)ccc1Br. The van der Waals surface area contributed by atoms with Crippen LogP contribution >= 0.6 is 15.9 Å². The summed E-state index contributed by atoms with van der Waals surface area (Å²) in [5.74, 6) is 1.65. The fourth-order valence-corrected chi connectivity index (χ4v) is 2.02. The average Bonchev–Trinajstić information content (AvgIpc) is 2.73. The van der Waals surface area contributed by atoms with E-state index >= 15 is 0 Å². The standard InChI is InChI=1S/C12H16BrNO/c1-9-6-11(2-3-12(9)13)15-8-10-4-5-14-7-10/h2-3,6,10,14H,4-5,7-8H2,1H3/t10-/m1/s1. The molecule has 1 aromatic carbocycles. The van der Waals surface area contributed by atoms with Crippen LogP contribution in [0.1, 0.15) is 12.0 Å². The molecule has 1 aliphatic heterocycles. The van der Waals surface area contributed by atoms with Crippen LogP contribution in [0.15, 0.2) is 22.7 Å². The molecule has 1 aromatic rings. The lowest BCUT2D eigenvalue weighted by atomic mass is 10.1. The predicted octanol–water partition coefficient (Wildman–Crippen LogP) is 2.75. The molecule has 0 bridgehead atoms. The average molecular weight is 270 g/mol. The minimum absolute atomic E-state index is 0.675. The quantitative estimate of drug-likeness (QED) is 0.911. The Morgan fingerprint density at radius 1 is 1.53 bits per heavy atom. The number of benzene rings is 1. The molecule has 82 valence electrons. The van der Waals surface area contributed by atoms with Crippen LogP contribution < -0.4 is 10.1 Å². The summed E-state index contributed by atoms with van der Waals surface area (Å²) in [5, 5.41) is 3.34. The molecule has 1 saturated heterocycles. The van der Waals surface area contributed by atoms with Gasteiger partial charge in [0, 0.05) is 16.9 Å². The Labute approximate surface area is 99.1 Å². The summed E-state index contributed by atoms with van der Waals surface area (Å²) in [7, 11) is 0. The van der Waals surface area contributed by atoms with Gasteiger partial charge in [-0.05, 0) is 43.7 Å². The molecule has 0 radical (unpaired) electrons. The van der Waals surface area contributed by atoms with Crippen molar-refractivity contribution in [1.82, 2.24) is 5.32 Å². The van der Waals surface area contributed by atoms with Gasteiger partial charge < -0.3 is 10.1 Å². The predicted molar refractivity (Wildman–Crippen MR) is 65.4 cm³/mol. The van der Waals surface area contributed by atoms with E-state index in [0.717, 1.165) is 29.9 Å². The van der Waals surface area contributed by atoms with Crippen molar-refractivity contribution in [3.63, 3.8) is 0 Å². The number of ether oxygens (including phenoxy) is 1. The van der Waals surface area contributed by atoms with Crippen LogP contribution in [-0.4, -0.2) is 19.7 Å². The lowest BCUT2D eigenvalue weighted by Crippen LogP contribution is -2.15. The van der Waals surface area contributed by atoms with E-state index in [2.05, 4.69) is 34.2 Å². The van der Waals surface area contributed by atoms with Gasteiger partial charge >= 0.3 is 0 Å². The van der Waals surface area contributed by atoms with Crippen LogP contribution in [0.5, 0.6) is 5.75 Å². The first-order valence-electron chi connectivity index (χ1n) is 5.35. The van der Waals surface area contributed by atoms with Gasteiger partial charge in [-0.15, -0.1) is 0 Å². The molecule has 0 aliphatic carbocycles. The summed E-state index contributed by atoms with van der Waals surface area (Å²) in [5.41, 5.74) is 1.22. The highest BCUT2D eigenvalue weighted by molar-refractivity contribution is 9.10. The van der Waals surface area contributed by atoms with Crippen molar-refractivity contribution in [2.24, 2.45) is 5.92 Å². The number of aryl methyl sites for hydroxylation is 1. The van der Waals surface area contributed by atoms with Crippen LogP contribution in [0.2, 0.25) is 0 Å². The van der Waals surface area contributed by atoms with Crippen molar-refractivity contribution in [3.05, 3.63) is 28.2 Å². The van der Waals surface area contributed by atoms with Gasteiger partial charge in [0.2, 0.25) is 0 Å². The van der Waals surface area contributed by atoms with Crippen LogP contribution in [0.4, 0.5) is 0 Å². The van der Waals surface area contributed by atoms with Crippen molar-refractivity contribution >= 4 is 15.9 Å². The van der Waals surface area contributed by atoms with E-state index in [1.165, 1.54) is 12.0 Å². The fraction of sp³-hybridized carbons (Fsp3) is 0.500. The molecule has 1 heterocycles. The first kappa shape index (κ1) is 11.0. The van der Waals surface area contributed by atoms with Crippen molar-refractivity contribution in [3.8, 4) is 5.75 Å². The molecule has 0 spiro atoms. The van der Waals surface area contributed by atoms with Gasteiger partial charge in [-0.25, -0.2) is 0 Å². The Bertz CT molecular complexity index is 334. The topological polar surface area (TPSA) is 21.3 Å². The molecule has 0 aromatic heterocycles. The molecular formula is C12H16BrNO. The molecule has 1 atom stereocenters. The molecule has 1 fully saturated rings. The Balaban J connectivity index is 1.90. The van der Waals surface area contributed by atoms with Gasteiger partial charge in [0.05, 0.1) is 6.61 Å². The van der Waals surface area contributed by atoms with Gasteiger partial charge in [0.1, 0.15) is 5.75 Å². The lowest BCUT2D eigenvalue weighted by Gasteiger charge is -2.11. The highest BCUT2D eigenvalue weighted by Crippen LogP contribution is 2.22. The van der Waals surface area contributed by atoms with E-state index in [4.69, 9.17) is 4.74 Å². The monoisotopic (exact) mass is 269 g/mol. The molecule has 1 aliphatic rings. The van der Waals surface area contributed by atoms with Crippen LogP contribution in [0, 0.1) is 12.8 Å². The number of nitrogens with one attached hydrogen (secondary N) is 1. The van der Waals surface area contributed by atoms with E-state index in [1.807, 2.05) is 12.1 Å². The van der Waals surface area contributed by atoms with E-state index in [9.17, 15) is 0 Å². The summed E-state index contributed by atoms with van der Waals surface area (Å²) >= 11 is 3.48. The zero-order valence-electron chi connectivity index (χ0n) is 8.92. The zero-order chi connectivity index (χ0) is 10.7. The van der Waals surface area contributed by atoms with E-state index in [1.54, 1.807) is 0 Å². The number of rotatable bonds is 3. The molecule has 0 saturated carbocycles. The fourth-order valence-electron chi connectivity index (χ4n) is 1.78. The third-order valence-electron chi connectivity index (χ3n) is 2.78. The Morgan fingerprint density at radius 2 is 2.40 bits per heavy atom. The third kappa shape index (κ3) is 2.95. The van der Waals surface area contributed by atoms with Gasteiger partial charge in [0.25, 0.3) is 0 Å². The highest BCUT2D eigenvalue weighted by Gasteiger charge is 2.14. The first-order chi connectivity index (χ1) is 7.25. The Kier molecular flexibility index (Phi) is 3.65. The molecule has 2 nitrogen and oxygen atoms in total. The van der Waals surface area contributed by atoms with Crippen molar-refractivity contribution in [2.75, 3.05) is 19.7 Å². The lowest BCUT2D eigenvalue weighted by molar-refractivity contribution is 0.260. The smallest absolute Gasteiger partial charge is 0.119 e.